The summed E-state index contributed by atoms with van der Waals surface area (Å²) in [6, 6.07) is -0.732. The van der Waals surface area contributed by atoms with E-state index in [0.717, 1.165) is 89.9 Å². The molecule has 0 aromatic rings. The molecule has 0 N–H and O–H groups in total. The SMILES string of the molecule is CC/C=C/C/C=C/C/C=C/C/C=C/CCCCCCCCCCCC(=O)OCC(COCCC(C(=O)[O-])[N+](C)(C)C)OC(=O)CCCCCCCC/C=C/C=C/CCCCC. The standard InChI is InChI=1S/C53H91NO7/c1-6-8-10-12-14-16-18-20-22-23-24-25-26-27-28-30-31-33-35-37-39-41-43-51(55)60-48-49(47-59-46-45-50(53(57)58)54(3,4)5)61-52(56)44-42-40-38-36-34-32-29-21-19-17-15-13-11-9-7-2/h8,10,14-17,19-22,24-25,49-50H,6-7,9,11-13,18,23,26-48H2,1-5H3/b10-8+,16-14+,17-15+,21-19+,22-20+,25-24+. The van der Waals surface area contributed by atoms with Gasteiger partial charge in [0, 0.05) is 19.3 Å². The molecule has 0 bridgehead atoms. The number of carboxylic acids is 1. The Balaban J connectivity index is 4.28. The average molecular weight is 854 g/mol. The van der Waals surface area contributed by atoms with Gasteiger partial charge in [0.05, 0.1) is 40.3 Å². The van der Waals surface area contributed by atoms with Crippen molar-refractivity contribution in [3.8, 4) is 0 Å². The molecular formula is C53H91NO7. The number of likely N-dealkylation sites (N-methyl/N-ethyl adjacent to an activating group) is 1. The van der Waals surface area contributed by atoms with Gasteiger partial charge in [0.1, 0.15) is 12.6 Å². The first-order valence-electron chi connectivity index (χ1n) is 24.5. The van der Waals surface area contributed by atoms with Crippen molar-refractivity contribution in [2.45, 2.75) is 206 Å². The molecule has 0 aliphatic carbocycles. The monoisotopic (exact) mass is 854 g/mol. The van der Waals surface area contributed by atoms with Crippen LogP contribution in [-0.2, 0) is 28.6 Å². The summed E-state index contributed by atoms with van der Waals surface area (Å²) >= 11 is 0. The molecule has 2 unspecified atom stereocenters. The summed E-state index contributed by atoms with van der Waals surface area (Å²) in [5.41, 5.74) is 0. The first-order chi connectivity index (χ1) is 29.6. The van der Waals surface area contributed by atoms with Crippen LogP contribution in [0.4, 0.5) is 0 Å². The van der Waals surface area contributed by atoms with Crippen LogP contribution in [0.25, 0.3) is 0 Å². The third-order valence-electron chi connectivity index (χ3n) is 10.6. The van der Waals surface area contributed by atoms with Gasteiger partial charge >= 0.3 is 11.9 Å². The molecule has 0 rings (SSSR count). The van der Waals surface area contributed by atoms with Crippen LogP contribution in [0.2, 0.25) is 0 Å². The fraction of sp³-hybridized carbons (Fsp3) is 0.717. The molecule has 0 saturated carbocycles. The minimum atomic E-state index is -1.13. The minimum absolute atomic E-state index is 0.0312. The topological polar surface area (TPSA) is 102 Å². The third-order valence-corrected chi connectivity index (χ3v) is 10.6. The Bertz CT molecular complexity index is 1230. The van der Waals surface area contributed by atoms with Gasteiger partial charge in [0.15, 0.2) is 6.10 Å². The number of quaternary nitrogens is 1. The molecule has 0 saturated heterocycles. The number of esters is 2. The lowest BCUT2D eigenvalue weighted by atomic mass is 10.1. The number of nitrogens with zero attached hydrogens (tertiary/aromatic N) is 1. The van der Waals surface area contributed by atoms with E-state index in [2.05, 4.69) is 86.8 Å². The molecule has 61 heavy (non-hydrogen) atoms. The highest BCUT2D eigenvalue weighted by Gasteiger charge is 2.25. The fourth-order valence-corrected chi connectivity index (χ4v) is 6.82. The second-order valence-corrected chi connectivity index (χ2v) is 17.3. The first-order valence-corrected chi connectivity index (χ1v) is 24.5. The van der Waals surface area contributed by atoms with Crippen molar-refractivity contribution in [3.63, 3.8) is 0 Å². The lowest BCUT2D eigenvalue weighted by molar-refractivity contribution is -0.889. The number of hydrogen-bond acceptors (Lipinski definition) is 7. The molecule has 0 spiro atoms. The van der Waals surface area contributed by atoms with E-state index >= 15 is 0 Å². The van der Waals surface area contributed by atoms with Gasteiger partial charge in [-0.3, -0.25) is 9.59 Å². The average Bonchev–Trinajstić information content (AvgIpc) is 3.22. The molecule has 0 radical (unpaired) electrons. The number of rotatable bonds is 43. The molecular weight excluding hydrogens is 763 g/mol. The smallest absolute Gasteiger partial charge is 0.306 e. The molecule has 8 heteroatoms. The Kier molecular flexibility index (Phi) is 41.1. The molecule has 2 atom stereocenters. The van der Waals surface area contributed by atoms with Gasteiger partial charge in [-0.15, -0.1) is 0 Å². The van der Waals surface area contributed by atoms with Crippen molar-refractivity contribution in [2.75, 3.05) is 41.0 Å². The van der Waals surface area contributed by atoms with Crippen molar-refractivity contribution in [3.05, 3.63) is 72.9 Å². The van der Waals surface area contributed by atoms with Crippen LogP contribution in [0.3, 0.4) is 0 Å². The summed E-state index contributed by atoms with van der Waals surface area (Å²) < 4.78 is 17.2. The van der Waals surface area contributed by atoms with Gasteiger partial charge in [-0.05, 0) is 77.0 Å². The molecule has 0 aromatic carbocycles. The van der Waals surface area contributed by atoms with Crippen LogP contribution in [0.1, 0.15) is 194 Å². The number of carbonyl (C=O) groups is 3. The number of unbranched alkanes of at least 4 members (excludes halogenated alkanes) is 18. The maximum atomic E-state index is 12.7. The molecule has 0 fully saturated rings. The molecule has 0 amide bonds. The summed E-state index contributed by atoms with van der Waals surface area (Å²) in [6.45, 7) is 4.50. The number of carbonyl (C=O) groups excluding carboxylic acids is 3. The van der Waals surface area contributed by atoms with Gasteiger partial charge in [0.25, 0.3) is 0 Å². The van der Waals surface area contributed by atoms with Gasteiger partial charge in [-0.1, -0.05) is 170 Å². The number of aliphatic carboxylic acids is 1. The van der Waals surface area contributed by atoms with Crippen molar-refractivity contribution in [1.29, 1.82) is 0 Å². The summed E-state index contributed by atoms with van der Waals surface area (Å²) in [7, 11) is 5.40. The summed E-state index contributed by atoms with van der Waals surface area (Å²) in [5.74, 6) is -1.76. The van der Waals surface area contributed by atoms with Crippen LogP contribution in [0.5, 0.6) is 0 Å². The van der Waals surface area contributed by atoms with Crippen LogP contribution in [-0.4, -0.2) is 75.5 Å². The van der Waals surface area contributed by atoms with E-state index < -0.39 is 18.1 Å². The van der Waals surface area contributed by atoms with Crippen LogP contribution >= 0.6 is 0 Å². The lowest BCUT2D eigenvalue weighted by Gasteiger charge is -2.34. The maximum absolute atomic E-state index is 12.7. The van der Waals surface area contributed by atoms with Gasteiger partial charge in [-0.25, -0.2) is 0 Å². The van der Waals surface area contributed by atoms with Gasteiger partial charge in [0.2, 0.25) is 0 Å². The summed E-state index contributed by atoms with van der Waals surface area (Å²) in [5, 5.41) is 11.6. The number of carboxylic acid groups (broad SMARTS) is 1. The van der Waals surface area contributed by atoms with Crippen LogP contribution < -0.4 is 5.11 Å². The van der Waals surface area contributed by atoms with Gasteiger partial charge in [-0.2, -0.15) is 0 Å². The summed E-state index contributed by atoms with van der Waals surface area (Å²) in [4.78, 5) is 37.0. The maximum Gasteiger partial charge on any atom is 0.306 e. The Hall–Kier alpha value is -3.23. The molecule has 0 aliphatic rings. The third kappa shape index (κ3) is 41.9. The van der Waals surface area contributed by atoms with E-state index in [-0.39, 0.29) is 42.7 Å². The van der Waals surface area contributed by atoms with Crippen molar-refractivity contribution < 1.29 is 38.2 Å². The summed E-state index contributed by atoms with van der Waals surface area (Å²) in [6.07, 6.45) is 54.9. The van der Waals surface area contributed by atoms with E-state index in [4.69, 9.17) is 14.2 Å². The second kappa shape index (κ2) is 43.4. The fourth-order valence-electron chi connectivity index (χ4n) is 6.82. The predicted molar refractivity (Wildman–Crippen MR) is 254 cm³/mol. The van der Waals surface area contributed by atoms with E-state index in [9.17, 15) is 19.5 Å². The van der Waals surface area contributed by atoms with Crippen molar-refractivity contribution >= 4 is 17.9 Å². The lowest BCUT2D eigenvalue weighted by Crippen LogP contribution is -2.55. The van der Waals surface area contributed by atoms with Crippen molar-refractivity contribution in [1.82, 2.24) is 0 Å². The predicted octanol–water partition coefficient (Wildman–Crippen LogP) is 12.6. The van der Waals surface area contributed by atoms with E-state index in [0.29, 0.717) is 12.8 Å². The molecule has 0 aliphatic heterocycles. The number of hydrogen-bond donors (Lipinski definition) is 0. The highest BCUT2D eigenvalue weighted by Crippen LogP contribution is 2.14. The molecule has 8 nitrogen and oxygen atoms in total. The zero-order valence-corrected chi connectivity index (χ0v) is 39.8. The number of ether oxygens (including phenoxy) is 3. The van der Waals surface area contributed by atoms with E-state index in [1.807, 2.05) is 0 Å². The Morgan fingerprint density at radius 1 is 0.525 bits per heavy atom. The zero-order chi connectivity index (χ0) is 44.9. The first kappa shape index (κ1) is 57.8. The molecule has 0 aromatic heterocycles. The van der Waals surface area contributed by atoms with E-state index in [1.54, 1.807) is 21.1 Å². The second-order valence-electron chi connectivity index (χ2n) is 17.3. The van der Waals surface area contributed by atoms with Crippen LogP contribution in [0.15, 0.2) is 72.9 Å². The highest BCUT2D eigenvalue weighted by atomic mass is 16.6. The normalized spacial score (nSPS) is 13.5. The molecule has 350 valence electrons. The molecule has 0 heterocycles. The largest absolute Gasteiger partial charge is 0.544 e. The Morgan fingerprint density at radius 2 is 0.967 bits per heavy atom. The van der Waals surface area contributed by atoms with E-state index in [1.165, 1.54) is 70.6 Å². The zero-order valence-electron chi connectivity index (χ0n) is 39.8. The Labute approximate surface area is 374 Å². The highest BCUT2D eigenvalue weighted by molar-refractivity contribution is 5.70. The Morgan fingerprint density at radius 3 is 1.46 bits per heavy atom. The quantitative estimate of drug-likeness (QED) is 0.0198. The van der Waals surface area contributed by atoms with Crippen molar-refractivity contribution in [2.24, 2.45) is 0 Å². The van der Waals surface area contributed by atoms with Gasteiger partial charge < -0.3 is 28.6 Å². The van der Waals surface area contributed by atoms with Crippen LogP contribution in [0, 0.1) is 0 Å². The minimum Gasteiger partial charge on any atom is -0.544 e. The number of allylic oxidation sites excluding steroid dienone is 12.